The molecule has 1 saturated carbocycles. The topological polar surface area (TPSA) is 139 Å². The summed E-state index contributed by atoms with van der Waals surface area (Å²) < 4.78 is 28.3. The Morgan fingerprint density at radius 1 is 0.914 bits per heavy atom. The van der Waals surface area contributed by atoms with Crippen molar-refractivity contribution in [1.82, 2.24) is 4.98 Å². The van der Waals surface area contributed by atoms with Crippen LogP contribution in [-0.4, -0.2) is 60.8 Å². The minimum absolute atomic E-state index is 0.00369. The zero-order valence-corrected chi connectivity index (χ0v) is 34.0. The number of carbonyl (C=O) groups is 4. The van der Waals surface area contributed by atoms with Crippen LogP contribution in [0.1, 0.15) is 92.6 Å². The van der Waals surface area contributed by atoms with Gasteiger partial charge in [-0.1, -0.05) is 81.5 Å². The SMILES string of the molecule is C=CC(=O)OCCC(=O)OC(COC(=O)C=C)COc1ccc(C(=O)Oc2ccc(C3CCC(CCC)CC3)cc2/C=C/C(CC)Nc2nc3ccccc3s2)cc1. The molecule has 1 fully saturated rings. The smallest absolute Gasteiger partial charge is 0.343 e. The molecule has 1 aliphatic rings. The molecule has 1 N–H and O–H groups in total. The number of fused-ring (bicyclic) bond motifs is 1. The Kier molecular flexibility index (Phi) is 16.6. The molecular formula is C46H52N2O9S. The second-order valence-corrected chi connectivity index (χ2v) is 15.1. The maximum absolute atomic E-state index is 13.5. The number of ether oxygens (including phenoxy) is 5. The molecule has 58 heavy (non-hydrogen) atoms. The van der Waals surface area contributed by atoms with Gasteiger partial charge in [-0.25, -0.2) is 19.4 Å². The molecule has 4 aromatic rings. The van der Waals surface area contributed by atoms with Crippen molar-refractivity contribution in [2.24, 2.45) is 5.92 Å². The van der Waals surface area contributed by atoms with E-state index in [0.717, 1.165) is 58.2 Å². The molecule has 12 heteroatoms. The third-order valence-electron chi connectivity index (χ3n) is 9.92. The number of hydrogen-bond acceptors (Lipinski definition) is 12. The highest BCUT2D eigenvalue weighted by molar-refractivity contribution is 7.22. The van der Waals surface area contributed by atoms with Gasteiger partial charge in [-0.3, -0.25) is 4.79 Å². The number of thiazole rings is 1. The molecule has 1 aliphatic carbocycles. The average molecular weight is 809 g/mol. The summed E-state index contributed by atoms with van der Waals surface area (Å²) in [4.78, 5) is 53.6. The predicted octanol–water partition coefficient (Wildman–Crippen LogP) is 9.63. The van der Waals surface area contributed by atoms with Crippen LogP contribution in [0.2, 0.25) is 0 Å². The van der Waals surface area contributed by atoms with E-state index in [0.29, 0.717) is 23.0 Å². The Labute approximate surface area is 344 Å². The Morgan fingerprint density at radius 2 is 1.66 bits per heavy atom. The van der Waals surface area contributed by atoms with Gasteiger partial charge in [0.1, 0.15) is 31.3 Å². The summed E-state index contributed by atoms with van der Waals surface area (Å²) in [5.74, 6) is -0.496. The van der Waals surface area contributed by atoms with Crippen molar-refractivity contribution in [3.8, 4) is 11.5 Å². The van der Waals surface area contributed by atoms with E-state index in [9.17, 15) is 19.2 Å². The molecule has 2 unspecified atom stereocenters. The minimum Gasteiger partial charge on any atom is -0.490 e. The summed E-state index contributed by atoms with van der Waals surface area (Å²) in [7, 11) is 0. The molecule has 0 bridgehead atoms. The molecule has 11 nitrogen and oxygen atoms in total. The quantitative estimate of drug-likeness (QED) is 0.0373. The summed E-state index contributed by atoms with van der Waals surface area (Å²) in [5, 5.41) is 4.41. The molecule has 0 saturated heterocycles. The summed E-state index contributed by atoms with van der Waals surface area (Å²) in [6.45, 7) is 10.4. The second-order valence-electron chi connectivity index (χ2n) is 14.1. The van der Waals surface area contributed by atoms with Crippen molar-refractivity contribution >= 4 is 56.6 Å². The molecule has 306 valence electrons. The zero-order chi connectivity index (χ0) is 41.3. The van der Waals surface area contributed by atoms with E-state index in [4.69, 9.17) is 28.7 Å². The average Bonchev–Trinajstić information content (AvgIpc) is 3.66. The van der Waals surface area contributed by atoms with Crippen LogP contribution in [0.4, 0.5) is 5.13 Å². The van der Waals surface area contributed by atoms with Gasteiger partial charge in [-0.2, -0.15) is 0 Å². The van der Waals surface area contributed by atoms with Crippen molar-refractivity contribution in [1.29, 1.82) is 0 Å². The lowest BCUT2D eigenvalue weighted by atomic mass is 9.77. The number of hydrogen-bond donors (Lipinski definition) is 1. The van der Waals surface area contributed by atoms with Crippen molar-refractivity contribution < 1.29 is 42.9 Å². The Hall–Kier alpha value is -5.75. The van der Waals surface area contributed by atoms with Crippen molar-refractivity contribution in [2.75, 3.05) is 25.1 Å². The molecule has 1 heterocycles. The number of nitrogens with zero attached hydrogens (tertiary/aromatic N) is 1. The minimum atomic E-state index is -0.972. The van der Waals surface area contributed by atoms with Gasteiger partial charge in [0, 0.05) is 23.8 Å². The number of esters is 4. The molecule has 1 aromatic heterocycles. The predicted molar refractivity (Wildman–Crippen MR) is 226 cm³/mol. The fourth-order valence-electron chi connectivity index (χ4n) is 6.76. The van der Waals surface area contributed by atoms with Gasteiger partial charge in [0.25, 0.3) is 0 Å². The fraction of sp³-hybridized carbons (Fsp3) is 0.370. The van der Waals surface area contributed by atoms with E-state index < -0.39 is 30.0 Å². The number of rotatable bonds is 21. The third kappa shape index (κ3) is 13.2. The van der Waals surface area contributed by atoms with Crippen LogP contribution in [-0.2, 0) is 28.6 Å². The zero-order valence-electron chi connectivity index (χ0n) is 33.2. The van der Waals surface area contributed by atoms with Gasteiger partial charge < -0.3 is 29.0 Å². The van der Waals surface area contributed by atoms with Gasteiger partial charge >= 0.3 is 23.9 Å². The maximum Gasteiger partial charge on any atom is 0.343 e. The first kappa shape index (κ1) is 43.4. The highest BCUT2D eigenvalue weighted by atomic mass is 32.1. The normalized spacial score (nSPS) is 16.2. The van der Waals surface area contributed by atoms with Gasteiger partial charge in [0.15, 0.2) is 11.2 Å². The van der Waals surface area contributed by atoms with Crippen molar-refractivity contribution in [2.45, 2.75) is 83.3 Å². The number of para-hydroxylation sites is 1. The number of benzene rings is 3. The molecule has 0 amide bonds. The molecule has 5 rings (SSSR count). The van der Waals surface area contributed by atoms with Crippen LogP contribution in [0.3, 0.4) is 0 Å². The monoisotopic (exact) mass is 808 g/mol. The lowest BCUT2D eigenvalue weighted by Gasteiger charge is -2.29. The maximum atomic E-state index is 13.5. The van der Waals surface area contributed by atoms with Gasteiger partial charge in [0.05, 0.1) is 22.2 Å². The van der Waals surface area contributed by atoms with Crippen LogP contribution in [0.25, 0.3) is 16.3 Å². The molecule has 3 aromatic carbocycles. The number of anilines is 1. The van der Waals surface area contributed by atoms with Gasteiger partial charge in [0.2, 0.25) is 0 Å². The summed E-state index contributed by atoms with van der Waals surface area (Å²) in [6, 6.07) is 20.6. The van der Waals surface area contributed by atoms with Gasteiger partial charge in [-0.05, 0) is 98.0 Å². The van der Waals surface area contributed by atoms with Crippen molar-refractivity contribution in [3.63, 3.8) is 0 Å². The summed E-state index contributed by atoms with van der Waals surface area (Å²) in [6.07, 6.45) is 13.0. The molecule has 0 spiro atoms. The van der Waals surface area contributed by atoms with E-state index in [1.165, 1.54) is 31.2 Å². The highest BCUT2D eigenvalue weighted by Crippen LogP contribution is 2.39. The first-order chi connectivity index (χ1) is 28.2. The molecule has 0 aliphatic heterocycles. The highest BCUT2D eigenvalue weighted by Gasteiger charge is 2.23. The van der Waals surface area contributed by atoms with E-state index >= 15 is 0 Å². The summed E-state index contributed by atoms with van der Waals surface area (Å²) >= 11 is 1.62. The number of carbonyl (C=O) groups excluding carboxylic acids is 4. The van der Waals surface area contributed by atoms with Gasteiger partial charge in [-0.15, -0.1) is 0 Å². The molecule has 2 atom stereocenters. The third-order valence-corrected chi connectivity index (χ3v) is 10.9. The standard InChI is InChI=1S/C46H52N2O9S/c1-5-11-31-14-16-32(17-15-31)34-21-25-40(35(28-34)18-22-36(6-2)47-46-48-39-12-9-10-13-41(39)58-46)57-45(52)33-19-23-37(24-20-33)54-29-38(30-55-43(50)8-4)56-44(51)26-27-53-42(49)7-3/h7-10,12-13,18-25,28,31-32,36,38H,3-6,11,14-17,26-27,29-30H2,1-2H3,(H,47,48)/b22-18+. The van der Waals surface area contributed by atoms with E-state index in [1.807, 2.05) is 30.3 Å². The van der Waals surface area contributed by atoms with E-state index in [1.54, 1.807) is 35.6 Å². The number of aromatic nitrogens is 1. The largest absolute Gasteiger partial charge is 0.490 e. The van der Waals surface area contributed by atoms with Crippen LogP contribution in [0.5, 0.6) is 11.5 Å². The Bertz CT molecular complexity index is 2020. The molecule has 0 radical (unpaired) electrons. The Balaban J connectivity index is 1.26. The van der Waals surface area contributed by atoms with E-state index in [-0.39, 0.29) is 32.3 Å². The van der Waals surface area contributed by atoms with Crippen LogP contribution >= 0.6 is 11.3 Å². The van der Waals surface area contributed by atoms with Crippen LogP contribution < -0.4 is 14.8 Å². The lowest BCUT2D eigenvalue weighted by molar-refractivity contribution is -0.160. The lowest BCUT2D eigenvalue weighted by Crippen LogP contribution is -2.31. The van der Waals surface area contributed by atoms with Crippen LogP contribution in [0, 0.1) is 5.92 Å². The molecular weight excluding hydrogens is 757 g/mol. The fourth-order valence-corrected chi connectivity index (χ4v) is 7.69. The number of nitrogens with one attached hydrogen (secondary N) is 1. The van der Waals surface area contributed by atoms with E-state index in [2.05, 4.69) is 56.6 Å². The van der Waals surface area contributed by atoms with Crippen molar-refractivity contribution in [3.05, 3.63) is 115 Å². The van der Waals surface area contributed by atoms with Crippen LogP contribution in [0.15, 0.2) is 98.1 Å². The Morgan fingerprint density at radius 3 is 2.36 bits per heavy atom. The first-order valence-corrected chi connectivity index (χ1v) is 20.7. The summed E-state index contributed by atoms with van der Waals surface area (Å²) in [5.41, 5.74) is 3.34. The first-order valence-electron chi connectivity index (χ1n) is 19.8. The second kappa shape index (κ2) is 22.3.